The molecule has 0 aliphatic carbocycles. The van der Waals surface area contributed by atoms with Crippen LogP contribution in [0.3, 0.4) is 0 Å². The standard InChI is InChI=1S/C14H19NO4/c1-11(2)10-15(8-7-14(17)18)13(16)6-5-12-4-3-9-19-12/h3-6,9,11H,7-8,10H2,1-2H3,(H,17,18)/b6-5+. The summed E-state index contributed by atoms with van der Waals surface area (Å²) in [6.07, 6.45) is 4.47. The Bertz CT molecular complexity index is 434. The molecule has 1 rings (SSSR count). The molecule has 5 heteroatoms. The quantitative estimate of drug-likeness (QED) is 0.768. The van der Waals surface area contributed by atoms with Gasteiger partial charge in [-0.25, -0.2) is 0 Å². The molecule has 1 heterocycles. The predicted molar refractivity (Wildman–Crippen MR) is 71.4 cm³/mol. The lowest BCUT2D eigenvalue weighted by Gasteiger charge is -2.22. The van der Waals surface area contributed by atoms with E-state index in [0.717, 1.165) is 0 Å². The Balaban J connectivity index is 2.62. The SMILES string of the molecule is CC(C)CN(CCC(=O)O)C(=O)/C=C/c1ccco1. The smallest absolute Gasteiger partial charge is 0.305 e. The largest absolute Gasteiger partial charge is 0.481 e. The zero-order valence-electron chi connectivity index (χ0n) is 11.2. The molecule has 0 saturated heterocycles. The highest BCUT2D eigenvalue weighted by Crippen LogP contribution is 2.05. The minimum atomic E-state index is -0.906. The van der Waals surface area contributed by atoms with E-state index in [-0.39, 0.29) is 24.8 Å². The van der Waals surface area contributed by atoms with Gasteiger partial charge in [0.05, 0.1) is 12.7 Å². The first kappa shape index (κ1) is 15.0. The molecular formula is C14H19NO4. The van der Waals surface area contributed by atoms with Gasteiger partial charge in [0.2, 0.25) is 5.91 Å². The van der Waals surface area contributed by atoms with E-state index in [4.69, 9.17) is 9.52 Å². The van der Waals surface area contributed by atoms with Crippen molar-refractivity contribution in [3.8, 4) is 0 Å². The average molecular weight is 265 g/mol. The molecule has 1 aromatic heterocycles. The predicted octanol–water partition coefficient (Wildman–Crippen LogP) is 2.25. The number of aliphatic carboxylic acids is 1. The summed E-state index contributed by atoms with van der Waals surface area (Å²) in [6.45, 7) is 4.72. The van der Waals surface area contributed by atoms with Crippen molar-refractivity contribution >= 4 is 18.0 Å². The van der Waals surface area contributed by atoms with Gasteiger partial charge >= 0.3 is 5.97 Å². The summed E-state index contributed by atoms with van der Waals surface area (Å²) in [7, 11) is 0. The van der Waals surface area contributed by atoms with Gasteiger partial charge < -0.3 is 14.4 Å². The van der Waals surface area contributed by atoms with Crippen molar-refractivity contribution in [3.63, 3.8) is 0 Å². The van der Waals surface area contributed by atoms with Crippen LogP contribution >= 0.6 is 0 Å². The van der Waals surface area contributed by atoms with Crippen LogP contribution in [0.15, 0.2) is 28.9 Å². The first-order valence-electron chi connectivity index (χ1n) is 6.21. The van der Waals surface area contributed by atoms with Gasteiger partial charge in [0.25, 0.3) is 0 Å². The van der Waals surface area contributed by atoms with Crippen molar-refractivity contribution in [2.24, 2.45) is 5.92 Å². The number of furan rings is 1. The fraction of sp³-hybridized carbons (Fsp3) is 0.429. The van der Waals surface area contributed by atoms with Crippen LogP contribution in [-0.4, -0.2) is 35.0 Å². The van der Waals surface area contributed by atoms with E-state index < -0.39 is 5.97 Å². The highest BCUT2D eigenvalue weighted by atomic mass is 16.4. The first-order chi connectivity index (χ1) is 8.99. The fourth-order valence-corrected chi connectivity index (χ4v) is 1.61. The Labute approximate surface area is 112 Å². The number of carbonyl (C=O) groups excluding carboxylic acids is 1. The summed E-state index contributed by atoms with van der Waals surface area (Å²) >= 11 is 0. The van der Waals surface area contributed by atoms with Crippen molar-refractivity contribution < 1.29 is 19.1 Å². The Kier molecular flexibility index (Phi) is 5.85. The Hall–Kier alpha value is -2.04. The molecule has 104 valence electrons. The lowest BCUT2D eigenvalue weighted by Crippen LogP contribution is -2.34. The topological polar surface area (TPSA) is 70.8 Å². The van der Waals surface area contributed by atoms with Crippen LogP contribution in [0.4, 0.5) is 0 Å². The summed E-state index contributed by atoms with van der Waals surface area (Å²) in [4.78, 5) is 24.1. The van der Waals surface area contributed by atoms with Gasteiger partial charge in [-0.1, -0.05) is 13.8 Å². The fourth-order valence-electron chi connectivity index (χ4n) is 1.61. The van der Waals surface area contributed by atoms with Crippen LogP contribution in [0.2, 0.25) is 0 Å². The molecule has 0 aliphatic heterocycles. The normalized spacial score (nSPS) is 11.1. The highest BCUT2D eigenvalue weighted by Gasteiger charge is 2.13. The van der Waals surface area contributed by atoms with Gasteiger partial charge in [-0.3, -0.25) is 9.59 Å². The second-order valence-electron chi connectivity index (χ2n) is 4.67. The number of nitrogens with zero attached hydrogens (tertiary/aromatic N) is 1. The summed E-state index contributed by atoms with van der Waals surface area (Å²) in [5.41, 5.74) is 0. The van der Waals surface area contributed by atoms with Gasteiger partial charge in [0.15, 0.2) is 0 Å². The number of rotatable bonds is 7. The average Bonchev–Trinajstić information content (AvgIpc) is 2.83. The van der Waals surface area contributed by atoms with E-state index in [1.807, 2.05) is 13.8 Å². The molecule has 0 spiro atoms. The Morgan fingerprint density at radius 3 is 2.74 bits per heavy atom. The molecule has 5 nitrogen and oxygen atoms in total. The molecule has 1 aromatic rings. The minimum absolute atomic E-state index is 0.0486. The molecule has 0 aliphatic rings. The van der Waals surface area contributed by atoms with E-state index in [9.17, 15) is 9.59 Å². The number of carboxylic acids is 1. The molecule has 0 radical (unpaired) electrons. The third-order valence-corrected chi connectivity index (χ3v) is 2.43. The van der Waals surface area contributed by atoms with Crippen LogP contribution in [0.5, 0.6) is 0 Å². The summed E-state index contributed by atoms with van der Waals surface area (Å²) in [6, 6.07) is 3.48. The van der Waals surface area contributed by atoms with Gasteiger partial charge in [-0.2, -0.15) is 0 Å². The van der Waals surface area contributed by atoms with Gasteiger partial charge in [-0.15, -0.1) is 0 Å². The Morgan fingerprint density at radius 2 is 2.21 bits per heavy atom. The molecular weight excluding hydrogens is 246 g/mol. The number of amides is 1. The van der Waals surface area contributed by atoms with E-state index in [2.05, 4.69) is 0 Å². The zero-order valence-corrected chi connectivity index (χ0v) is 11.2. The van der Waals surface area contributed by atoms with E-state index in [0.29, 0.717) is 12.3 Å². The van der Waals surface area contributed by atoms with E-state index >= 15 is 0 Å². The maximum Gasteiger partial charge on any atom is 0.305 e. The van der Waals surface area contributed by atoms with Crippen LogP contribution < -0.4 is 0 Å². The molecule has 1 N–H and O–H groups in total. The molecule has 0 atom stereocenters. The maximum atomic E-state index is 12.0. The molecule has 0 aromatic carbocycles. The van der Waals surface area contributed by atoms with Gasteiger partial charge in [0.1, 0.15) is 5.76 Å². The van der Waals surface area contributed by atoms with Gasteiger partial charge in [0, 0.05) is 19.2 Å². The maximum absolute atomic E-state index is 12.0. The zero-order chi connectivity index (χ0) is 14.3. The highest BCUT2D eigenvalue weighted by molar-refractivity contribution is 5.91. The van der Waals surface area contributed by atoms with Crippen LogP contribution in [0, 0.1) is 5.92 Å². The van der Waals surface area contributed by atoms with Gasteiger partial charge in [-0.05, 0) is 24.1 Å². The van der Waals surface area contributed by atoms with Crippen LogP contribution in [-0.2, 0) is 9.59 Å². The summed E-state index contributed by atoms with van der Waals surface area (Å²) in [5, 5.41) is 8.69. The number of hydrogen-bond donors (Lipinski definition) is 1. The van der Waals surface area contributed by atoms with Crippen molar-refractivity contribution in [3.05, 3.63) is 30.2 Å². The van der Waals surface area contributed by atoms with E-state index in [1.54, 1.807) is 18.2 Å². The second kappa shape index (κ2) is 7.41. The summed E-state index contributed by atoms with van der Waals surface area (Å²) in [5.74, 6) is -0.228. The van der Waals surface area contributed by atoms with Crippen LogP contribution in [0.25, 0.3) is 6.08 Å². The monoisotopic (exact) mass is 265 g/mol. The number of carboxylic acid groups (broad SMARTS) is 1. The van der Waals surface area contributed by atoms with Crippen molar-refractivity contribution in [2.75, 3.05) is 13.1 Å². The molecule has 0 unspecified atom stereocenters. The van der Waals surface area contributed by atoms with Crippen molar-refractivity contribution in [2.45, 2.75) is 20.3 Å². The molecule has 0 bridgehead atoms. The lowest BCUT2D eigenvalue weighted by molar-refractivity contribution is -0.138. The molecule has 19 heavy (non-hydrogen) atoms. The lowest BCUT2D eigenvalue weighted by atomic mass is 10.2. The Morgan fingerprint density at radius 1 is 1.47 bits per heavy atom. The van der Waals surface area contributed by atoms with Crippen LogP contribution in [0.1, 0.15) is 26.0 Å². The van der Waals surface area contributed by atoms with E-state index in [1.165, 1.54) is 17.2 Å². The first-order valence-corrected chi connectivity index (χ1v) is 6.21. The third-order valence-electron chi connectivity index (χ3n) is 2.43. The minimum Gasteiger partial charge on any atom is -0.481 e. The molecule has 0 fully saturated rings. The second-order valence-corrected chi connectivity index (χ2v) is 4.67. The summed E-state index contributed by atoms with van der Waals surface area (Å²) < 4.78 is 5.09. The molecule has 0 saturated carbocycles. The third kappa shape index (κ3) is 5.90. The molecule has 1 amide bonds. The van der Waals surface area contributed by atoms with Crippen molar-refractivity contribution in [1.82, 2.24) is 4.90 Å². The number of carbonyl (C=O) groups is 2. The number of hydrogen-bond acceptors (Lipinski definition) is 3. The van der Waals surface area contributed by atoms with Crippen molar-refractivity contribution in [1.29, 1.82) is 0 Å².